The Morgan fingerprint density at radius 3 is 2.90 bits per heavy atom. The van der Waals surface area contributed by atoms with Gasteiger partial charge in [-0.05, 0) is 46.0 Å². The lowest BCUT2D eigenvalue weighted by molar-refractivity contribution is 0.0848. The van der Waals surface area contributed by atoms with E-state index in [2.05, 4.69) is 5.32 Å². The summed E-state index contributed by atoms with van der Waals surface area (Å²) in [4.78, 5) is 14.3. The molecule has 0 aliphatic carbocycles. The minimum absolute atomic E-state index is 0.0420. The van der Waals surface area contributed by atoms with Gasteiger partial charge in [0.05, 0.1) is 24.9 Å². The zero-order chi connectivity index (χ0) is 15.6. The molecule has 1 atom stereocenters. The van der Waals surface area contributed by atoms with Crippen LogP contribution in [0.5, 0.6) is 5.75 Å². The van der Waals surface area contributed by atoms with E-state index < -0.39 is 0 Å². The number of anilines is 1. The molecule has 5 nitrogen and oxygen atoms in total. The van der Waals surface area contributed by atoms with Crippen LogP contribution in [0, 0.1) is 0 Å². The number of nitrogens with zero attached hydrogens (tertiary/aromatic N) is 1. The second-order valence-electron chi connectivity index (χ2n) is 6.17. The molecule has 1 aliphatic rings. The summed E-state index contributed by atoms with van der Waals surface area (Å²) >= 11 is 0. The number of aliphatic hydroxyl groups is 1. The fraction of sp³-hybridized carbons (Fsp3) is 0.562. The molecular formula is C16H24N2O3. The maximum atomic E-state index is 12.5. The van der Waals surface area contributed by atoms with E-state index in [0.717, 1.165) is 11.4 Å². The number of ether oxygens (including phenoxy) is 1. The number of benzene rings is 1. The van der Waals surface area contributed by atoms with Gasteiger partial charge in [0.25, 0.3) is 0 Å². The Kier molecular flexibility index (Phi) is 4.54. The lowest BCUT2D eigenvalue weighted by Gasteiger charge is -2.33. The van der Waals surface area contributed by atoms with Crippen molar-refractivity contribution in [1.82, 2.24) is 4.90 Å². The van der Waals surface area contributed by atoms with Crippen LogP contribution in [0.2, 0.25) is 0 Å². The number of carbonyl (C=O) groups is 1. The highest BCUT2D eigenvalue weighted by atomic mass is 16.5. The van der Waals surface area contributed by atoms with Gasteiger partial charge >= 0.3 is 0 Å². The average molecular weight is 292 g/mol. The van der Waals surface area contributed by atoms with Gasteiger partial charge in [-0.15, -0.1) is 0 Å². The number of carbonyl (C=O) groups excluding carboxylic acids is 1. The fourth-order valence-electron chi connectivity index (χ4n) is 2.34. The van der Waals surface area contributed by atoms with Gasteiger partial charge in [-0.2, -0.15) is 0 Å². The van der Waals surface area contributed by atoms with E-state index in [1.165, 1.54) is 0 Å². The van der Waals surface area contributed by atoms with Crippen LogP contribution in [0.4, 0.5) is 5.69 Å². The number of hydrogen-bond donors (Lipinski definition) is 2. The van der Waals surface area contributed by atoms with Crippen LogP contribution >= 0.6 is 0 Å². The Morgan fingerprint density at radius 1 is 1.52 bits per heavy atom. The first-order valence-corrected chi connectivity index (χ1v) is 7.26. The Morgan fingerprint density at radius 2 is 2.24 bits per heavy atom. The van der Waals surface area contributed by atoms with E-state index in [0.29, 0.717) is 18.7 Å². The Bertz CT molecular complexity index is 528. The Labute approximate surface area is 125 Å². The standard InChI is InChI=1S/C16H24N2O3/c1-11(18(4)7-8-19)15(20)12-5-6-14-13(9-12)17-10-16(2,3)21-14/h5-6,9,11,17,19H,7-8,10H2,1-4H3. The molecule has 0 amide bonds. The topological polar surface area (TPSA) is 61.8 Å². The predicted molar refractivity (Wildman–Crippen MR) is 83.1 cm³/mol. The monoisotopic (exact) mass is 292 g/mol. The first kappa shape index (κ1) is 15.8. The molecule has 0 aromatic heterocycles. The van der Waals surface area contributed by atoms with Crippen LogP contribution in [-0.4, -0.2) is 54.2 Å². The minimum atomic E-state index is -0.267. The Hall–Kier alpha value is -1.59. The average Bonchev–Trinajstić information content (AvgIpc) is 2.44. The van der Waals surface area contributed by atoms with Crippen LogP contribution < -0.4 is 10.1 Å². The number of aliphatic hydroxyl groups excluding tert-OH is 1. The number of ketones is 1. The number of fused-ring (bicyclic) bond motifs is 1. The van der Waals surface area contributed by atoms with E-state index >= 15 is 0 Å². The molecule has 0 fully saturated rings. The number of hydrogen-bond acceptors (Lipinski definition) is 5. The van der Waals surface area contributed by atoms with Crippen molar-refractivity contribution >= 4 is 11.5 Å². The first-order chi connectivity index (χ1) is 9.84. The van der Waals surface area contributed by atoms with E-state index in [-0.39, 0.29) is 24.0 Å². The fourth-order valence-corrected chi connectivity index (χ4v) is 2.34. The number of rotatable bonds is 5. The summed E-state index contributed by atoms with van der Waals surface area (Å²) in [6.07, 6.45) is 0. The summed E-state index contributed by atoms with van der Waals surface area (Å²) in [7, 11) is 1.83. The van der Waals surface area contributed by atoms with E-state index in [1.54, 1.807) is 6.07 Å². The second kappa shape index (κ2) is 6.03. The van der Waals surface area contributed by atoms with E-state index in [9.17, 15) is 4.79 Å². The second-order valence-corrected chi connectivity index (χ2v) is 6.17. The van der Waals surface area contributed by atoms with Crippen LogP contribution in [0.3, 0.4) is 0 Å². The highest BCUT2D eigenvalue weighted by Gasteiger charge is 2.27. The molecule has 1 aromatic rings. The molecule has 0 bridgehead atoms. The Balaban J connectivity index is 2.17. The molecule has 1 aliphatic heterocycles. The van der Waals surface area contributed by atoms with Crippen molar-refractivity contribution < 1.29 is 14.6 Å². The zero-order valence-corrected chi connectivity index (χ0v) is 13.1. The van der Waals surface area contributed by atoms with Crippen molar-refractivity contribution in [3.8, 4) is 5.75 Å². The highest BCUT2D eigenvalue weighted by molar-refractivity contribution is 6.01. The molecule has 2 rings (SSSR count). The summed E-state index contributed by atoms with van der Waals surface area (Å²) in [6, 6.07) is 5.22. The van der Waals surface area contributed by atoms with Gasteiger partial charge in [-0.3, -0.25) is 9.69 Å². The van der Waals surface area contributed by atoms with Gasteiger partial charge in [0, 0.05) is 12.1 Å². The lowest BCUT2D eigenvalue weighted by Crippen LogP contribution is -2.40. The third-order valence-electron chi connectivity index (χ3n) is 3.85. The predicted octanol–water partition coefficient (Wildman–Crippen LogP) is 1.76. The van der Waals surface area contributed by atoms with Gasteiger partial charge in [-0.1, -0.05) is 0 Å². The SMILES string of the molecule is CC(C(=O)c1ccc2c(c1)NCC(C)(C)O2)N(C)CCO. The van der Waals surface area contributed by atoms with Crippen molar-refractivity contribution in [3.63, 3.8) is 0 Å². The van der Waals surface area contributed by atoms with Crippen molar-refractivity contribution in [2.45, 2.75) is 32.4 Å². The zero-order valence-electron chi connectivity index (χ0n) is 13.1. The molecule has 1 aromatic carbocycles. The van der Waals surface area contributed by atoms with Gasteiger partial charge in [0.15, 0.2) is 5.78 Å². The molecule has 21 heavy (non-hydrogen) atoms. The van der Waals surface area contributed by atoms with E-state index in [4.69, 9.17) is 9.84 Å². The maximum Gasteiger partial charge on any atom is 0.179 e. The summed E-state index contributed by atoms with van der Waals surface area (Å²) < 4.78 is 5.88. The quantitative estimate of drug-likeness (QED) is 0.810. The van der Waals surface area contributed by atoms with Gasteiger partial charge in [0.2, 0.25) is 0 Å². The van der Waals surface area contributed by atoms with Crippen molar-refractivity contribution in [1.29, 1.82) is 0 Å². The van der Waals surface area contributed by atoms with Crippen molar-refractivity contribution in [2.24, 2.45) is 0 Å². The molecule has 0 saturated carbocycles. The maximum absolute atomic E-state index is 12.5. The van der Waals surface area contributed by atoms with Crippen LogP contribution in [-0.2, 0) is 0 Å². The summed E-state index contributed by atoms with van der Waals surface area (Å²) in [5, 5.41) is 12.3. The van der Waals surface area contributed by atoms with Crippen LogP contribution in [0.15, 0.2) is 18.2 Å². The lowest BCUT2D eigenvalue weighted by atomic mass is 10.0. The normalized spacial score (nSPS) is 17.6. The molecule has 116 valence electrons. The molecular weight excluding hydrogens is 268 g/mol. The molecule has 1 unspecified atom stereocenters. The van der Waals surface area contributed by atoms with Gasteiger partial charge < -0.3 is 15.2 Å². The largest absolute Gasteiger partial charge is 0.484 e. The number of likely N-dealkylation sites (N-methyl/N-ethyl adjacent to an activating group) is 1. The van der Waals surface area contributed by atoms with Gasteiger partial charge in [-0.25, -0.2) is 0 Å². The molecule has 2 N–H and O–H groups in total. The number of Topliss-reactive ketones (excluding diaryl/α,β-unsaturated/α-hetero) is 1. The highest BCUT2D eigenvalue weighted by Crippen LogP contribution is 2.33. The summed E-state index contributed by atoms with van der Waals surface area (Å²) in [6.45, 7) is 7.13. The van der Waals surface area contributed by atoms with E-state index in [1.807, 2.05) is 44.9 Å². The molecule has 5 heteroatoms. The summed E-state index contributed by atoms with van der Waals surface area (Å²) in [5.74, 6) is 0.819. The molecule has 0 saturated heterocycles. The molecule has 0 radical (unpaired) electrons. The molecule has 0 spiro atoms. The third kappa shape index (κ3) is 3.54. The number of nitrogens with one attached hydrogen (secondary N) is 1. The van der Waals surface area contributed by atoms with Crippen molar-refractivity contribution in [2.75, 3.05) is 32.1 Å². The smallest absolute Gasteiger partial charge is 0.179 e. The minimum Gasteiger partial charge on any atom is -0.484 e. The summed E-state index contributed by atoms with van der Waals surface area (Å²) in [5.41, 5.74) is 1.27. The third-order valence-corrected chi connectivity index (χ3v) is 3.85. The first-order valence-electron chi connectivity index (χ1n) is 7.26. The van der Waals surface area contributed by atoms with Crippen LogP contribution in [0.25, 0.3) is 0 Å². The van der Waals surface area contributed by atoms with Gasteiger partial charge in [0.1, 0.15) is 11.4 Å². The van der Waals surface area contributed by atoms with Crippen molar-refractivity contribution in [3.05, 3.63) is 23.8 Å². The molecule has 1 heterocycles. The van der Waals surface area contributed by atoms with Crippen LogP contribution in [0.1, 0.15) is 31.1 Å².